The number of nitrogens with zero attached hydrogens (tertiary/aromatic N) is 2. The molecule has 2 N–H and O–H groups in total. The SMILES string of the molecule is CCC1CCCC(Oc2nc(N)ncc2Cl)C1. The van der Waals surface area contributed by atoms with Crippen molar-refractivity contribution in [1.82, 2.24) is 9.97 Å². The molecule has 0 spiro atoms. The maximum atomic E-state index is 5.98. The fourth-order valence-electron chi connectivity index (χ4n) is 2.32. The summed E-state index contributed by atoms with van der Waals surface area (Å²) in [6.45, 7) is 2.22. The topological polar surface area (TPSA) is 61.0 Å². The Labute approximate surface area is 107 Å². The van der Waals surface area contributed by atoms with Crippen LogP contribution in [0.5, 0.6) is 5.88 Å². The highest BCUT2D eigenvalue weighted by Gasteiger charge is 2.23. The first kappa shape index (κ1) is 12.4. The van der Waals surface area contributed by atoms with E-state index in [4.69, 9.17) is 22.1 Å². The van der Waals surface area contributed by atoms with Crippen molar-refractivity contribution in [2.45, 2.75) is 45.1 Å². The molecule has 1 saturated carbocycles. The molecule has 0 radical (unpaired) electrons. The Balaban J connectivity index is 2.02. The summed E-state index contributed by atoms with van der Waals surface area (Å²) in [6.07, 6.45) is 7.56. The fraction of sp³-hybridized carbons (Fsp3) is 0.667. The number of halogens is 1. The number of rotatable bonds is 3. The standard InChI is InChI=1S/C12H18ClN3O/c1-2-8-4-3-5-9(6-8)17-11-10(13)7-15-12(14)16-11/h7-9H,2-6H2,1H3,(H2,14,15,16). The normalized spacial score (nSPS) is 24.6. The van der Waals surface area contributed by atoms with E-state index in [9.17, 15) is 0 Å². The highest BCUT2D eigenvalue weighted by Crippen LogP contribution is 2.31. The zero-order valence-corrected chi connectivity index (χ0v) is 10.8. The zero-order valence-electron chi connectivity index (χ0n) is 10.0. The summed E-state index contributed by atoms with van der Waals surface area (Å²) in [7, 11) is 0. The molecule has 1 aliphatic carbocycles. The van der Waals surface area contributed by atoms with Crippen molar-refractivity contribution >= 4 is 17.5 Å². The first-order valence-electron chi connectivity index (χ1n) is 6.13. The van der Waals surface area contributed by atoms with Gasteiger partial charge in [-0.1, -0.05) is 31.4 Å². The van der Waals surface area contributed by atoms with Gasteiger partial charge in [-0.2, -0.15) is 4.98 Å². The highest BCUT2D eigenvalue weighted by atomic mass is 35.5. The molecular weight excluding hydrogens is 238 g/mol. The van der Waals surface area contributed by atoms with Gasteiger partial charge in [0.25, 0.3) is 0 Å². The molecule has 4 nitrogen and oxygen atoms in total. The molecule has 0 aliphatic heterocycles. The first-order valence-corrected chi connectivity index (χ1v) is 6.51. The summed E-state index contributed by atoms with van der Waals surface area (Å²) >= 11 is 5.98. The smallest absolute Gasteiger partial charge is 0.237 e. The molecule has 1 aromatic rings. The number of nitrogens with two attached hydrogens (primary N) is 1. The lowest BCUT2D eigenvalue weighted by atomic mass is 9.85. The molecule has 1 heterocycles. The first-order chi connectivity index (χ1) is 8.19. The van der Waals surface area contributed by atoms with Crippen molar-refractivity contribution in [3.63, 3.8) is 0 Å². The van der Waals surface area contributed by atoms with Crippen molar-refractivity contribution in [3.05, 3.63) is 11.2 Å². The number of nitrogen functional groups attached to an aromatic ring is 1. The molecule has 1 aliphatic rings. The van der Waals surface area contributed by atoms with Gasteiger partial charge in [-0.25, -0.2) is 4.98 Å². The van der Waals surface area contributed by atoms with Crippen molar-refractivity contribution in [2.24, 2.45) is 5.92 Å². The van der Waals surface area contributed by atoms with E-state index in [2.05, 4.69) is 16.9 Å². The Kier molecular flexibility index (Phi) is 4.05. The Bertz CT molecular complexity index is 386. The second-order valence-electron chi connectivity index (χ2n) is 4.56. The van der Waals surface area contributed by atoms with E-state index < -0.39 is 0 Å². The molecule has 2 rings (SSSR count). The van der Waals surface area contributed by atoms with Crippen LogP contribution in [0.25, 0.3) is 0 Å². The van der Waals surface area contributed by atoms with Crippen LogP contribution >= 0.6 is 11.6 Å². The summed E-state index contributed by atoms with van der Waals surface area (Å²) in [5, 5.41) is 0.429. The summed E-state index contributed by atoms with van der Waals surface area (Å²) < 4.78 is 5.84. The van der Waals surface area contributed by atoms with Crippen molar-refractivity contribution < 1.29 is 4.74 Å². The van der Waals surface area contributed by atoms with Gasteiger partial charge in [0.15, 0.2) is 0 Å². The summed E-state index contributed by atoms with van der Waals surface area (Å²) in [4.78, 5) is 7.85. The van der Waals surface area contributed by atoms with Crippen molar-refractivity contribution in [2.75, 3.05) is 5.73 Å². The third-order valence-electron chi connectivity index (χ3n) is 3.32. The van der Waals surface area contributed by atoms with Crippen LogP contribution in [0.15, 0.2) is 6.20 Å². The minimum atomic E-state index is 0.201. The predicted molar refractivity (Wildman–Crippen MR) is 68.1 cm³/mol. The minimum Gasteiger partial charge on any atom is -0.473 e. The number of aromatic nitrogens is 2. The maximum Gasteiger partial charge on any atom is 0.237 e. The Hall–Kier alpha value is -1.03. The highest BCUT2D eigenvalue weighted by molar-refractivity contribution is 6.31. The quantitative estimate of drug-likeness (QED) is 0.902. The molecule has 5 heteroatoms. The average Bonchev–Trinajstić information content (AvgIpc) is 2.34. The Morgan fingerprint density at radius 2 is 2.35 bits per heavy atom. The van der Waals surface area contributed by atoms with Gasteiger partial charge in [0, 0.05) is 0 Å². The second kappa shape index (κ2) is 5.54. The number of hydrogen-bond donors (Lipinski definition) is 1. The van der Waals surface area contributed by atoms with Gasteiger partial charge in [-0.15, -0.1) is 0 Å². The van der Waals surface area contributed by atoms with Crippen LogP contribution in [0, 0.1) is 5.92 Å². The van der Waals surface area contributed by atoms with Crippen molar-refractivity contribution in [3.8, 4) is 5.88 Å². The van der Waals surface area contributed by atoms with E-state index in [0.717, 1.165) is 18.8 Å². The van der Waals surface area contributed by atoms with Crippen LogP contribution in [0.3, 0.4) is 0 Å². The van der Waals surface area contributed by atoms with Gasteiger partial charge >= 0.3 is 0 Å². The molecule has 2 unspecified atom stereocenters. The average molecular weight is 256 g/mol. The van der Waals surface area contributed by atoms with E-state index in [1.54, 1.807) is 0 Å². The van der Waals surface area contributed by atoms with Gasteiger partial charge < -0.3 is 10.5 Å². The summed E-state index contributed by atoms with van der Waals surface area (Å²) in [5.74, 6) is 1.37. The van der Waals surface area contributed by atoms with Crippen LogP contribution in [0.4, 0.5) is 5.95 Å². The van der Waals surface area contributed by atoms with Crippen LogP contribution in [0.1, 0.15) is 39.0 Å². The van der Waals surface area contributed by atoms with Gasteiger partial charge in [-0.3, -0.25) is 0 Å². The molecule has 2 atom stereocenters. The largest absolute Gasteiger partial charge is 0.473 e. The molecule has 0 bridgehead atoms. The lowest BCUT2D eigenvalue weighted by molar-refractivity contribution is 0.117. The number of hydrogen-bond acceptors (Lipinski definition) is 4. The van der Waals surface area contributed by atoms with Gasteiger partial charge in [0.1, 0.15) is 11.1 Å². The van der Waals surface area contributed by atoms with Crippen LogP contribution in [-0.4, -0.2) is 16.1 Å². The third-order valence-corrected chi connectivity index (χ3v) is 3.58. The van der Waals surface area contributed by atoms with E-state index in [1.807, 2.05) is 0 Å². The van der Waals surface area contributed by atoms with Crippen LogP contribution in [-0.2, 0) is 0 Å². The fourth-order valence-corrected chi connectivity index (χ4v) is 2.46. The second-order valence-corrected chi connectivity index (χ2v) is 4.97. The number of anilines is 1. The molecule has 0 amide bonds. The van der Waals surface area contributed by atoms with Crippen molar-refractivity contribution in [1.29, 1.82) is 0 Å². The van der Waals surface area contributed by atoms with E-state index in [-0.39, 0.29) is 12.1 Å². The predicted octanol–water partition coefficient (Wildman–Crippen LogP) is 3.06. The Morgan fingerprint density at radius 1 is 1.53 bits per heavy atom. The minimum absolute atomic E-state index is 0.201. The van der Waals surface area contributed by atoms with Gasteiger partial charge in [0.05, 0.1) is 6.20 Å². The summed E-state index contributed by atoms with van der Waals surface area (Å²) in [6, 6.07) is 0. The number of ether oxygens (including phenoxy) is 1. The molecule has 94 valence electrons. The van der Waals surface area contributed by atoms with E-state index >= 15 is 0 Å². The lowest BCUT2D eigenvalue weighted by Gasteiger charge is -2.28. The molecule has 17 heavy (non-hydrogen) atoms. The van der Waals surface area contributed by atoms with Gasteiger partial charge in [0.2, 0.25) is 11.8 Å². The monoisotopic (exact) mass is 255 g/mol. The van der Waals surface area contributed by atoms with Crippen LogP contribution in [0.2, 0.25) is 5.02 Å². The molecule has 1 aromatic heterocycles. The molecular formula is C12H18ClN3O. The maximum absolute atomic E-state index is 5.98. The lowest BCUT2D eigenvalue weighted by Crippen LogP contribution is -2.25. The van der Waals surface area contributed by atoms with Gasteiger partial charge in [-0.05, 0) is 25.2 Å². The Morgan fingerprint density at radius 3 is 3.12 bits per heavy atom. The molecule has 0 aromatic carbocycles. The van der Waals surface area contributed by atoms with E-state index in [0.29, 0.717) is 10.9 Å². The summed E-state index contributed by atoms with van der Waals surface area (Å²) in [5.41, 5.74) is 5.53. The third kappa shape index (κ3) is 3.22. The molecule has 0 saturated heterocycles. The van der Waals surface area contributed by atoms with Crippen LogP contribution < -0.4 is 10.5 Å². The zero-order chi connectivity index (χ0) is 12.3. The van der Waals surface area contributed by atoms with E-state index in [1.165, 1.54) is 25.5 Å². The molecule has 1 fully saturated rings.